The average Bonchev–Trinajstić information content (AvgIpc) is 2.90. The molecule has 0 aliphatic heterocycles. The highest BCUT2D eigenvalue weighted by Gasteiger charge is 2.79. The lowest BCUT2D eigenvalue weighted by molar-refractivity contribution is -0.363. The molecule has 164 valence electrons. The SMILES string of the molecule is C[C@]12CCC(=O)C(Cl)=C1CC[C@@H]1[C@H]2CC[C@@]2(C)[C@H]1CCC2(O)C(F)(F)C(F)(F)F. The predicted molar refractivity (Wildman–Crippen MR) is 97.5 cm³/mol. The van der Waals surface area contributed by atoms with Crippen LogP contribution in [0.5, 0.6) is 0 Å². The number of hydrogen-bond acceptors (Lipinski definition) is 2. The minimum atomic E-state index is -5.79. The highest BCUT2D eigenvalue weighted by atomic mass is 35.5. The van der Waals surface area contributed by atoms with Crippen molar-refractivity contribution in [2.45, 2.75) is 82.9 Å². The Morgan fingerprint density at radius 3 is 2.21 bits per heavy atom. The van der Waals surface area contributed by atoms with E-state index >= 15 is 0 Å². The highest BCUT2D eigenvalue weighted by molar-refractivity contribution is 6.43. The summed E-state index contributed by atoms with van der Waals surface area (Å²) in [5.74, 6) is -5.61. The van der Waals surface area contributed by atoms with Crippen molar-refractivity contribution in [2.24, 2.45) is 28.6 Å². The van der Waals surface area contributed by atoms with Crippen LogP contribution in [0.2, 0.25) is 0 Å². The molecule has 8 heteroatoms. The van der Waals surface area contributed by atoms with Crippen LogP contribution in [0.1, 0.15) is 65.2 Å². The van der Waals surface area contributed by atoms with Crippen LogP contribution in [0.25, 0.3) is 0 Å². The molecule has 0 heterocycles. The van der Waals surface area contributed by atoms with Crippen LogP contribution in [0.3, 0.4) is 0 Å². The van der Waals surface area contributed by atoms with Gasteiger partial charge >= 0.3 is 12.1 Å². The van der Waals surface area contributed by atoms with E-state index in [0.717, 1.165) is 5.57 Å². The Morgan fingerprint density at radius 2 is 1.59 bits per heavy atom. The van der Waals surface area contributed by atoms with Crippen molar-refractivity contribution in [1.29, 1.82) is 0 Å². The lowest BCUT2D eigenvalue weighted by atomic mass is 9.46. The molecule has 0 amide bonds. The number of ketones is 1. The number of Topliss-reactive ketones (excluding diaryl/α,β-unsaturated/α-hetero) is 1. The van der Waals surface area contributed by atoms with Gasteiger partial charge in [-0.05, 0) is 73.7 Å². The molecule has 0 aromatic rings. The maximum atomic E-state index is 14.5. The molecule has 0 radical (unpaired) electrons. The van der Waals surface area contributed by atoms with Crippen LogP contribution in [0.15, 0.2) is 10.6 Å². The van der Waals surface area contributed by atoms with Crippen molar-refractivity contribution in [3.8, 4) is 0 Å². The smallest absolute Gasteiger partial charge is 0.383 e. The average molecular weight is 441 g/mol. The zero-order chi connectivity index (χ0) is 21.6. The Hall–Kier alpha value is -0.690. The number of fused-ring (bicyclic) bond motifs is 5. The lowest BCUT2D eigenvalue weighted by Gasteiger charge is -2.59. The summed E-state index contributed by atoms with van der Waals surface area (Å²) in [5, 5.41) is 11.1. The van der Waals surface area contributed by atoms with Gasteiger partial charge in [0.05, 0.1) is 5.03 Å². The van der Waals surface area contributed by atoms with Gasteiger partial charge in [-0.3, -0.25) is 4.79 Å². The third-order valence-electron chi connectivity index (χ3n) is 9.08. The van der Waals surface area contributed by atoms with Gasteiger partial charge in [-0.25, -0.2) is 0 Å². The van der Waals surface area contributed by atoms with Gasteiger partial charge in [-0.1, -0.05) is 25.4 Å². The molecule has 4 aliphatic rings. The fourth-order valence-electron chi connectivity index (χ4n) is 7.42. The zero-order valence-corrected chi connectivity index (χ0v) is 17.3. The van der Waals surface area contributed by atoms with E-state index in [2.05, 4.69) is 6.92 Å². The van der Waals surface area contributed by atoms with Gasteiger partial charge in [-0.15, -0.1) is 0 Å². The van der Waals surface area contributed by atoms with E-state index < -0.39 is 35.5 Å². The summed E-state index contributed by atoms with van der Waals surface area (Å²) in [4.78, 5) is 12.1. The largest absolute Gasteiger partial charge is 0.456 e. The van der Waals surface area contributed by atoms with Gasteiger partial charge in [0.2, 0.25) is 0 Å². The van der Waals surface area contributed by atoms with Gasteiger partial charge in [-0.2, -0.15) is 22.0 Å². The van der Waals surface area contributed by atoms with Crippen molar-refractivity contribution in [3.05, 3.63) is 10.6 Å². The summed E-state index contributed by atoms with van der Waals surface area (Å²) in [6.07, 6.45) is -3.50. The standard InChI is InChI=1S/C21H26ClF5O2/c1-17-8-7-15(28)16(22)14(17)4-3-11-12(17)5-9-18(2)13(11)6-10-19(18,29)20(23,24)21(25,26)27/h11-13,29H,3-10H2,1-2H3/t11-,12-,13+,17-,18+,19?/m1/s1. The van der Waals surface area contributed by atoms with E-state index in [1.807, 2.05) is 0 Å². The molecule has 0 aromatic heterocycles. The first kappa shape index (κ1) is 21.5. The number of halogens is 6. The van der Waals surface area contributed by atoms with E-state index in [4.69, 9.17) is 11.6 Å². The maximum Gasteiger partial charge on any atom is 0.456 e. The maximum absolute atomic E-state index is 14.5. The molecule has 4 rings (SSSR count). The van der Waals surface area contributed by atoms with Gasteiger partial charge in [0, 0.05) is 11.8 Å². The molecule has 3 fully saturated rings. The van der Waals surface area contributed by atoms with Crippen LogP contribution < -0.4 is 0 Å². The number of carbonyl (C=O) groups is 1. The summed E-state index contributed by atoms with van der Waals surface area (Å²) < 4.78 is 68.5. The normalized spacial score (nSPS) is 45.7. The summed E-state index contributed by atoms with van der Waals surface area (Å²) in [6.45, 7) is 3.48. The van der Waals surface area contributed by atoms with Crippen LogP contribution in [-0.4, -0.2) is 28.6 Å². The molecule has 4 aliphatic carbocycles. The third kappa shape index (κ3) is 2.52. The van der Waals surface area contributed by atoms with E-state index in [1.165, 1.54) is 6.92 Å². The van der Waals surface area contributed by atoms with Gasteiger partial charge in [0.25, 0.3) is 0 Å². The number of aliphatic hydroxyl groups is 1. The zero-order valence-electron chi connectivity index (χ0n) is 16.5. The van der Waals surface area contributed by atoms with Crippen molar-refractivity contribution in [3.63, 3.8) is 0 Å². The second-order valence-corrected chi connectivity index (χ2v) is 10.4. The molecule has 0 saturated heterocycles. The summed E-state index contributed by atoms with van der Waals surface area (Å²) >= 11 is 6.32. The monoisotopic (exact) mass is 440 g/mol. The number of alkyl halides is 5. The topological polar surface area (TPSA) is 37.3 Å². The van der Waals surface area contributed by atoms with Gasteiger partial charge < -0.3 is 5.11 Å². The molecule has 0 spiro atoms. The van der Waals surface area contributed by atoms with E-state index in [1.54, 1.807) is 0 Å². The fourth-order valence-corrected chi connectivity index (χ4v) is 7.82. The molecule has 3 saturated carbocycles. The molecule has 2 nitrogen and oxygen atoms in total. The minimum absolute atomic E-state index is 0.0572. The molecule has 1 N–H and O–H groups in total. The second kappa shape index (κ2) is 6.18. The molecule has 29 heavy (non-hydrogen) atoms. The molecule has 0 aromatic carbocycles. The third-order valence-corrected chi connectivity index (χ3v) is 9.52. The number of carbonyl (C=O) groups excluding carboxylic acids is 1. The van der Waals surface area contributed by atoms with Crippen molar-refractivity contribution >= 4 is 17.4 Å². The Morgan fingerprint density at radius 1 is 0.966 bits per heavy atom. The van der Waals surface area contributed by atoms with Crippen molar-refractivity contribution < 1.29 is 31.9 Å². The summed E-state index contributed by atoms with van der Waals surface area (Å²) in [5.41, 5.74) is -4.00. The van der Waals surface area contributed by atoms with Crippen molar-refractivity contribution in [2.75, 3.05) is 0 Å². The summed E-state index contributed by atoms with van der Waals surface area (Å²) in [6, 6.07) is 0. The van der Waals surface area contributed by atoms with Gasteiger partial charge in [0.1, 0.15) is 5.60 Å². The fraction of sp³-hybridized carbons (Fsp3) is 0.857. The molecule has 1 unspecified atom stereocenters. The van der Waals surface area contributed by atoms with Crippen LogP contribution in [0, 0.1) is 28.6 Å². The van der Waals surface area contributed by atoms with E-state index in [0.29, 0.717) is 32.1 Å². The first-order valence-electron chi connectivity index (χ1n) is 10.3. The molecular formula is C21H26ClF5O2. The molecule has 6 atom stereocenters. The Labute approximate surface area is 171 Å². The van der Waals surface area contributed by atoms with E-state index in [9.17, 15) is 31.9 Å². The predicted octanol–water partition coefficient (Wildman–Crippen LogP) is 6.01. The number of allylic oxidation sites excluding steroid dienone is 1. The first-order valence-corrected chi connectivity index (χ1v) is 10.7. The Bertz CT molecular complexity index is 778. The number of rotatable bonds is 1. The molecule has 0 bridgehead atoms. The quantitative estimate of drug-likeness (QED) is 0.507. The van der Waals surface area contributed by atoms with Crippen molar-refractivity contribution in [1.82, 2.24) is 0 Å². The van der Waals surface area contributed by atoms with Crippen LogP contribution in [-0.2, 0) is 4.79 Å². The summed E-state index contributed by atoms with van der Waals surface area (Å²) in [7, 11) is 0. The second-order valence-electron chi connectivity index (χ2n) is 9.98. The molecular weight excluding hydrogens is 415 g/mol. The Kier molecular flexibility index (Phi) is 4.59. The van der Waals surface area contributed by atoms with Crippen LogP contribution in [0.4, 0.5) is 22.0 Å². The lowest BCUT2D eigenvalue weighted by Crippen LogP contribution is -2.65. The number of hydrogen-bond donors (Lipinski definition) is 1. The van der Waals surface area contributed by atoms with Gasteiger partial charge in [0.15, 0.2) is 5.78 Å². The highest BCUT2D eigenvalue weighted by Crippen LogP contribution is 2.71. The van der Waals surface area contributed by atoms with Crippen LogP contribution >= 0.6 is 11.6 Å². The Balaban J connectivity index is 1.72. The minimum Gasteiger partial charge on any atom is -0.383 e. The first-order chi connectivity index (χ1) is 13.2. The van der Waals surface area contributed by atoms with E-state index in [-0.39, 0.29) is 40.9 Å².